The van der Waals surface area contributed by atoms with Gasteiger partial charge in [0, 0.05) is 44.2 Å². The van der Waals surface area contributed by atoms with Gasteiger partial charge in [0.15, 0.2) is 0 Å². The summed E-state index contributed by atoms with van der Waals surface area (Å²) in [6.07, 6.45) is 3.28. The summed E-state index contributed by atoms with van der Waals surface area (Å²) in [6, 6.07) is 3.71. The number of primary amides is 1. The Kier molecular flexibility index (Phi) is 7.07. The maximum atomic E-state index is 12.7. The van der Waals surface area contributed by atoms with E-state index in [4.69, 9.17) is 5.73 Å². The van der Waals surface area contributed by atoms with Crippen LogP contribution in [0.3, 0.4) is 0 Å². The molecule has 2 fully saturated rings. The highest BCUT2D eigenvalue weighted by Gasteiger charge is 2.33. The van der Waals surface area contributed by atoms with Crippen LogP contribution in [-0.2, 0) is 9.59 Å². The topological polar surface area (TPSA) is 108 Å². The van der Waals surface area contributed by atoms with Gasteiger partial charge in [-0.25, -0.2) is 0 Å². The lowest BCUT2D eigenvalue weighted by molar-refractivity contribution is -0.906. The van der Waals surface area contributed by atoms with Gasteiger partial charge in [-0.15, -0.1) is 11.3 Å². The van der Waals surface area contributed by atoms with Crippen molar-refractivity contribution >= 4 is 29.1 Å². The first-order chi connectivity index (χ1) is 13.4. The van der Waals surface area contributed by atoms with E-state index >= 15 is 0 Å². The number of nitrogens with one attached hydrogen (secondary N) is 1. The molecule has 28 heavy (non-hydrogen) atoms. The predicted octanol–water partition coefficient (Wildman–Crippen LogP) is -0.863. The highest BCUT2D eigenvalue weighted by Crippen LogP contribution is 2.30. The minimum atomic E-state index is -1.01. The molecule has 0 aromatic carbocycles. The Labute approximate surface area is 169 Å². The van der Waals surface area contributed by atoms with Crippen LogP contribution in [0.25, 0.3) is 0 Å². The number of carbonyl (C=O) groups is 3. The Balaban J connectivity index is 1.57. The summed E-state index contributed by atoms with van der Waals surface area (Å²) < 4.78 is 0. The predicted molar refractivity (Wildman–Crippen MR) is 104 cm³/mol. The molecular weight excluding hydrogens is 378 g/mol. The van der Waals surface area contributed by atoms with Gasteiger partial charge in [-0.3, -0.25) is 9.59 Å². The largest absolute Gasteiger partial charge is 0.550 e. The van der Waals surface area contributed by atoms with E-state index in [9.17, 15) is 19.5 Å². The molecule has 3 heterocycles. The van der Waals surface area contributed by atoms with Crippen molar-refractivity contribution in [1.82, 2.24) is 4.90 Å². The number of rotatable bonds is 7. The number of carboxylic acids is 1. The molecule has 2 saturated heterocycles. The van der Waals surface area contributed by atoms with E-state index in [2.05, 4.69) is 0 Å². The van der Waals surface area contributed by atoms with Gasteiger partial charge >= 0.3 is 0 Å². The first-order valence-corrected chi connectivity index (χ1v) is 11.0. The monoisotopic (exact) mass is 407 g/mol. The molecule has 0 bridgehead atoms. The van der Waals surface area contributed by atoms with Gasteiger partial charge in [0.2, 0.25) is 5.91 Å². The number of nitrogens with zero attached hydrogens (tertiary/aromatic N) is 1. The molecule has 0 aliphatic carbocycles. The molecule has 3 N–H and O–H groups in total. The molecule has 0 radical (unpaired) electrons. The SMILES string of the molecule is NC(=O)C1CC[NH+](CC[C@H]2CN(C(=O)c3cccs3)CC[C@H]2CC(=O)[O-])CC1. The van der Waals surface area contributed by atoms with Gasteiger partial charge in [0.25, 0.3) is 5.91 Å². The van der Waals surface area contributed by atoms with E-state index in [1.165, 1.54) is 16.2 Å². The minimum absolute atomic E-state index is 0.0110. The highest BCUT2D eigenvalue weighted by atomic mass is 32.1. The van der Waals surface area contributed by atoms with E-state index < -0.39 is 5.97 Å². The first kappa shape index (κ1) is 20.8. The van der Waals surface area contributed by atoms with Crippen molar-refractivity contribution in [2.45, 2.75) is 32.1 Å². The fourth-order valence-electron chi connectivity index (χ4n) is 4.58. The molecule has 1 aromatic heterocycles. The van der Waals surface area contributed by atoms with Crippen LogP contribution in [0.5, 0.6) is 0 Å². The van der Waals surface area contributed by atoms with Crippen molar-refractivity contribution in [1.29, 1.82) is 0 Å². The molecule has 2 aliphatic heterocycles. The third kappa shape index (κ3) is 5.32. The van der Waals surface area contributed by atoms with Crippen LogP contribution in [0.15, 0.2) is 17.5 Å². The van der Waals surface area contributed by atoms with Crippen LogP contribution in [0.4, 0.5) is 0 Å². The third-order valence-electron chi connectivity index (χ3n) is 6.30. The summed E-state index contributed by atoms with van der Waals surface area (Å²) in [5.41, 5.74) is 5.41. The summed E-state index contributed by atoms with van der Waals surface area (Å²) in [4.78, 5) is 39.2. The number of aliphatic carboxylic acids is 1. The fourth-order valence-corrected chi connectivity index (χ4v) is 5.27. The standard InChI is InChI=1S/C20H29N3O4S/c21-19(26)14-3-7-22(8-4-14)9-5-16-13-23(10-6-15(16)12-18(24)25)20(27)17-2-1-11-28-17/h1-2,11,14-16H,3-10,12-13H2,(H2,21,26)(H,24,25)/t15-,16-/m0/s1. The molecule has 2 atom stereocenters. The van der Waals surface area contributed by atoms with Gasteiger partial charge in [-0.05, 0) is 36.1 Å². The second-order valence-electron chi connectivity index (χ2n) is 8.08. The number of likely N-dealkylation sites (tertiary alicyclic amines) is 2. The van der Waals surface area contributed by atoms with Gasteiger partial charge in [-0.2, -0.15) is 0 Å². The van der Waals surface area contributed by atoms with Crippen LogP contribution in [-0.4, -0.2) is 55.4 Å². The maximum Gasteiger partial charge on any atom is 0.263 e. The molecule has 0 saturated carbocycles. The van der Waals surface area contributed by atoms with E-state index in [0.717, 1.165) is 43.8 Å². The second kappa shape index (κ2) is 9.52. The number of quaternary nitrogens is 1. The molecule has 0 spiro atoms. The number of carboxylic acid groups (broad SMARTS) is 1. The Morgan fingerprint density at radius 2 is 1.96 bits per heavy atom. The highest BCUT2D eigenvalue weighted by molar-refractivity contribution is 7.12. The number of hydrogen-bond donors (Lipinski definition) is 2. The summed E-state index contributed by atoms with van der Waals surface area (Å²) in [6.45, 7) is 3.97. The molecule has 3 rings (SSSR count). The average molecular weight is 408 g/mol. The van der Waals surface area contributed by atoms with Crippen molar-refractivity contribution in [3.8, 4) is 0 Å². The van der Waals surface area contributed by atoms with Crippen molar-refractivity contribution in [2.75, 3.05) is 32.7 Å². The number of piperidine rings is 2. The van der Waals surface area contributed by atoms with Crippen LogP contribution in [0.1, 0.15) is 41.8 Å². The summed E-state index contributed by atoms with van der Waals surface area (Å²) in [5, 5.41) is 13.1. The van der Waals surface area contributed by atoms with Crippen LogP contribution in [0, 0.1) is 17.8 Å². The van der Waals surface area contributed by atoms with E-state index in [-0.39, 0.29) is 36.0 Å². The van der Waals surface area contributed by atoms with Crippen molar-refractivity contribution in [3.05, 3.63) is 22.4 Å². The number of amides is 2. The molecule has 0 unspecified atom stereocenters. The van der Waals surface area contributed by atoms with E-state index in [1.54, 1.807) is 0 Å². The Morgan fingerprint density at radius 1 is 1.21 bits per heavy atom. The number of hydrogen-bond acceptors (Lipinski definition) is 5. The van der Waals surface area contributed by atoms with Crippen molar-refractivity contribution in [2.24, 2.45) is 23.5 Å². The third-order valence-corrected chi connectivity index (χ3v) is 7.16. The smallest absolute Gasteiger partial charge is 0.263 e. The first-order valence-electron chi connectivity index (χ1n) is 10.1. The normalized spacial score (nSPS) is 28.1. The van der Waals surface area contributed by atoms with E-state index in [0.29, 0.717) is 19.5 Å². The second-order valence-corrected chi connectivity index (χ2v) is 9.03. The number of carbonyl (C=O) groups excluding carboxylic acids is 3. The van der Waals surface area contributed by atoms with Crippen LogP contribution < -0.4 is 15.7 Å². The molecule has 2 aliphatic rings. The average Bonchev–Trinajstić information content (AvgIpc) is 3.21. The molecule has 154 valence electrons. The summed E-state index contributed by atoms with van der Waals surface area (Å²) in [5.74, 6) is -0.965. The van der Waals surface area contributed by atoms with Crippen molar-refractivity contribution in [3.63, 3.8) is 0 Å². The van der Waals surface area contributed by atoms with E-state index in [1.807, 2.05) is 22.4 Å². The lowest BCUT2D eigenvalue weighted by Gasteiger charge is -2.39. The fraction of sp³-hybridized carbons (Fsp3) is 0.650. The van der Waals surface area contributed by atoms with Gasteiger partial charge in [0.1, 0.15) is 0 Å². The van der Waals surface area contributed by atoms with Crippen molar-refractivity contribution < 1.29 is 24.4 Å². The summed E-state index contributed by atoms with van der Waals surface area (Å²) in [7, 11) is 0. The number of thiophene rings is 1. The quantitative estimate of drug-likeness (QED) is 0.613. The maximum absolute atomic E-state index is 12.7. The zero-order chi connectivity index (χ0) is 20.1. The zero-order valence-electron chi connectivity index (χ0n) is 16.1. The Morgan fingerprint density at radius 3 is 2.57 bits per heavy atom. The Hall–Kier alpha value is -1.93. The molecule has 7 nitrogen and oxygen atoms in total. The minimum Gasteiger partial charge on any atom is -0.550 e. The van der Waals surface area contributed by atoms with Gasteiger partial charge in [-0.1, -0.05) is 6.07 Å². The Bertz CT molecular complexity index is 686. The number of nitrogens with two attached hydrogens (primary N) is 1. The van der Waals surface area contributed by atoms with Gasteiger partial charge in [0.05, 0.1) is 24.5 Å². The lowest BCUT2D eigenvalue weighted by Crippen LogP contribution is -3.13. The molecule has 1 aromatic rings. The van der Waals surface area contributed by atoms with Gasteiger partial charge < -0.3 is 25.4 Å². The molecular formula is C20H29N3O4S. The van der Waals surface area contributed by atoms with Crippen LogP contribution >= 0.6 is 11.3 Å². The summed E-state index contributed by atoms with van der Waals surface area (Å²) >= 11 is 1.44. The molecule has 2 amide bonds. The zero-order valence-corrected chi connectivity index (χ0v) is 16.9. The lowest BCUT2D eigenvalue weighted by atomic mass is 9.80. The van der Waals surface area contributed by atoms with Crippen LogP contribution in [0.2, 0.25) is 0 Å². The molecule has 8 heteroatoms.